The zero-order valence-electron chi connectivity index (χ0n) is 14.0. The van der Waals surface area contributed by atoms with Crippen molar-refractivity contribution < 1.29 is 0 Å². The van der Waals surface area contributed by atoms with Crippen molar-refractivity contribution in [3.63, 3.8) is 0 Å². The summed E-state index contributed by atoms with van der Waals surface area (Å²) in [6.07, 6.45) is 6.67. The molecule has 2 aromatic carbocycles. The first-order chi connectivity index (χ1) is 11.3. The molecule has 1 aliphatic rings. The molecular weight excluding hydrogens is 298 g/mol. The number of hydrogen-bond acceptors (Lipinski definition) is 2. The van der Waals surface area contributed by atoms with Crippen LogP contribution in [0.3, 0.4) is 0 Å². The number of hydrogen-bond donors (Lipinski definition) is 1. The molecule has 1 nitrogen and oxygen atoms in total. The quantitative estimate of drug-likeness (QED) is 0.736. The third-order valence-corrected chi connectivity index (χ3v) is 6.12. The molecule has 0 amide bonds. The van der Waals surface area contributed by atoms with Gasteiger partial charge in [-0.25, -0.2) is 0 Å². The van der Waals surface area contributed by atoms with Gasteiger partial charge in [0.15, 0.2) is 0 Å². The molecule has 3 rings (SSSR count). The number of nitrogens with one attached hydrogen (secondary N) is 1. The summed E-state index contributed by atoms with van der Waals surface area (Å²) in [7, 11) is 0. The summed E-state index contributed by atoms with van der Waals surface area (Å²) in [5.41, 5.74) is 2.89. The van der Waals surface area contributed by atoms with Crippen LogP contribution in [0.1, 0.15) is 43.9 Å². The predicted molar refractivity (Wildman–Crippen MR) is 101 cm³/mol. The fourth-order valence-electron chi connectivity index (χ4n) is 3.21. The molecule has 23 heavy (non-hydrogen) atoms. The van der Waals surface area contributed by atoms with Crippen LogP contribution in [0.15, 0.2) is 71.6 Å². The van der Waals surface area contributed by atoms with Crippen LogP contribution in [0.25, 0.3) is 0 Å². The molecule has 0 fully saturated rings. The molecule has 2 aromatic rings. The average molecular weight is 324 g/mol. The van der Waals surface area contributed by atoms with Gasteiger partial charge in [0.2, 0.25) is 0 Å². The number of fused-ring (bicyclic) bond motifs is 1. The number of rotatable bonds is 4. The van der Waals surface area contributed by atoms with Gasteiger partial charge in [-0.2, -0.15) is 0 Å². The van der Waals surface area contributed by atoms with Gasteiger partial charge < -0.3 is 0 Å². The topological polar surface area (TPSA) is 12.0 Å². The highest BCUT2D eigenvalue weighted by Gasteiger charge is 2.34. The van der Waals surface area contributed by atoms with E-state index in [1.165, 1.54) is 16.0 Å². The Bertz CT molecular complexity index is 665. The van der Waals surface area contributed by atoms with Gasteiger partial charge in [0.1, 0.15) is 0 Å². The standard InChI is InChI=1S/C21H25NS/c1-3-5-15-21(4-2)16-23-19-14-10-9-13-18(19)20(22-21)17-11-7-6-8-12-17/h3,5-14,20,22H,4,15-16H2,1-2H3/b5-3+/t20-,21-/m0/s1. The Labute approximate surface area is 144 Å². The molecule has 0 bridgehead atoms. The molecule has 0 saturated heterocycles. The first kappa shape index (κ1) is 16.4. The molecule has 0 radical (unpaired) electrons. The third-order valence-electron chi connectivity index (χ3n) is 4.74. The average Bonchev–Trinajstić information content (AvgIpc) is 2.79. The Kier molecular flexibility index (Phi) is 5.24. The van der Waals surface area contributed by atoms with E-state index >= 15 is 0 Å². The third kappa shape index (κ3) is 3.54. The van der Waals surface area contributed by atoms with E-state index in [-0.39, 0.29) is 11.6 Å². The maximum atomic E-state index is 4.01. The zero-order chi connectivity index (χ0) is 16.1. The van der Waals surface area contributed by atoms with Crippen molar-refractivity contribution in [1.29, 1.82) is 0 Å². The molecule has 0 saturated carbocycles. The summed E-state index contributed by atoms with van der Waals surface area (Å²) >= 11 is 1.99. The SMILES string of the molecule is C/C=C/C[C@@]1(CC)CSc2ccccc2[C@H](c2ccccc2)N1. The van der Waals surface area contributed by atoms with Crippen molar-refractivity contribution in [2.45, 2.75) is 43.2 Å². The van der Waals surface area contributed by atoms with E-state index in [9.17, 15) is 0 Å². The molecule has 2 heteroatoms. The predicted octanol–water partition coefficient (Wildman–Crippen LogP) is 5.59. The fraction of sp³-hybridized carbons (Fsp3) is 0.333. The molecule has 1 heterocycles. The highest BCUT2D eigenvalue weighted by molar-refractivity contribution is 7.99. The van der Waals surface area contributed by atoms with E-state index in [0.29, 0.717) is 0 Å². The normalized spacial score (nSPS) is 24.3. The van der Waals surface area contributed by atoms with Gasteiger partial charge in [0, 0.05) is 16.2 Å². The Morgan fingerprint density at radius 3 is 2.61 bits per heavy atom. The Balaban J connectivity index is 2.04. The lowest BCUT2D eigenvalue weighted by atomic mass is 9.89. The smallest absolute Gasteiger partial charge is 0.0592 e. The van der Waals surface area contributed by atoms with E-state index in [0.717, 1.165) is 18.6 Å². The summed E-state index contributed by atoms with van der Waals surface area (Å²) in [6.45, 7) is 4.41. The molecule has 1 N–H and O–H groups in total. The van der Waals surface area contributed by atoms with Crippen molar-refractivity contribution in [2.24, 2.45) is 0 Å². The fourth-order valence-corrected chi connectivity index (χ4v) is 4.57. The lowest BCUT2D eigenvalue weighted by Crippen LogP contribution is -2.47. The second kappa shape index (κ2) is 7.37. The molecule has 0 aromatic heterocycles. The minimum atomic E-state index is 0.136. The van der Waals surface area contributed by atoms with Gasteiger partial charge in [-0.1, -0.05) is 67.6 Å². The minimum Gasteiger partial charge on any atom is -0.299 e. The maximum Gasteiger partial charge on any atom is 0.0592 e. The molecule has 120 valence electrons. The molecule has 1 aliphatic heterocycles. The number of thioether (sulfide) groups is 1. The van der Waals surface area contributed by atoms with Crippen LogP contribution in [-0.4, -0.2) is 11.3 Å². The second-order valence-corrected chi connectivity index (χ2v) is 7.24. The van der Waals surface area contributed by atoms with E-state index in [4.69, 9.17) is 0 Å². The lowest BCUT2D eigenvalue weighted by molar-refractivity contribution is 0.329. The molecular formula is C21H25NS. The van der Waals surface area contributed by atoms with E-state index in [1.807, 2.05) is 11.8 Å². The van der Waals surface area contributed by atoms with Crippen LogP contribution in [0.4, 0.5) is 0 Å². The maximum absolute atomic E-state index is 4.01. The first-order valence-electron chi connectivity index (χ1n) is 8.43. The molecule has 2 atom stereocenters. The highest BCUT2D eigenvalue weighted by Crippen LogP contribution is 2.40. The van der Waals surface area contributed by atoms with E-state index < -0.39 is 0 Å². The zero-order valence-corrected chi connectivity index (χ0v) is 14.8. The number of benzene rings is 2. The highest BCUT2D eigenvalue weighted by atomic mass is 32.2. The number of allylic oxidation sites excluding steroid dienone is 1. The van der Waals surface area contributed by atoms with Crippen LogP contribution in [-0.2, 0) is 0 Å². The minimum absolute atomic E-state index is 0.136. The van der Waals surface area contributed by atoms with Crippen molar-refractivity contribution in [2.75, 3.05) is 5.75 Å². The molecule has 0 unspecified atom stereocenters. The van der Waals surface area contributed by atoms with Gasteiger partial charge in [-0.15, -0.1) is 11.8 Å². The Morgan fingerprint density at radius 1 is 1.13 bits per heavy atom. The summed E-state index contributed by atoms with van der Waals surface area (Å²) in [5, 5.41) is 4.01. The van der Waals surface area contributed by atoms with Gasteiger partial charge >= 0.3 is 0 Å². The van der Waals surface area contributed by atoms with Gasteiger partial charge in [-0.05, 0) is 37.0 Å². The van der Waals surface area contributed by atoms with Crippen LogP contribution in [0, 0.1) is 0 Å². The Morgan fingerprint density at radius 2 is 1.87 bits per heavy atom. The van der Waals surface area contributed by atoms with Gasteiger partial charge in [0.05, 0.1) is 6.04 Å². The van der Waals surface area contributed by atoms with E-state index in [2.05, 4.69) is 85.9 Å². The van der Waals surface area contributed by atoms with Crippen molar-refractivity contribution in [3.8, 4) is 0 Å². The van der Waals surface area contributed by atoms with Crippen LogP contribution >= 0.6 is 11.8 Å². The second-order valence-electron chi connectivity index (χ2n) is 6.22. The summed E-state index contributed by atoms with van der Waals surface area (Å²) in [6, 6.07) is 19.9. The lowest BCUT2D eigenvalue weighted by Gasteiger charge is -2.35. The van der Waals surface area contributed by atoms with Crippen LogP contribution < -0.4 is 5.32 Å². The van der Waals surface area contributed by atoms with E-state index in [1.54, 1.807) is 0 Å². The van der Waals surface area contributed by atoms with Crippen molar-refractivity contribution in [3.05, 3.63) is 77.9 Å². The summed E-state index contributed by atoms with van der Waals surface area (Å²) in [4.78, 5) is 1.41. The van der Waals surface area contributed by atoms with Gasteiger partial charge in [0.25, 0.3) is 0 Å². The molecule has 0 aliphatic carbocycles. The van der Waals surface area contributed by atoms with Crippen molar-refractivity contribution in [1.82, 2.24) is 5.32 Å². The van der Waals surface area contributed by atoms with Gasteiger partial charge in [-0.3, -0.25) is 5.32 Å². The van der Waals surface area contributed by atoms with Crippen LogP contribution in [0.5, 0.6) is 0 Å². The largest absolute Gasteiger partial charge is 0.299 e. The van der Waals surface area contributed by atoms with Crippen LogP contribution in [0.2, 0.25) is 0 Å². The Hall–Kier alpha value is -1.51. The molecule has 0 spiro atoms. The van der Waals surface area contributed by atoms with Crippen molar-refractivity contribution >= 4 is 11.8 Å². The first-order valence-corrected chi connectivity index (χ1v) is 9.42. The summed E-state index contributed by atoms with van der Waals surface area (Å²) in [5.74, 6) is 1.11. The monoisotopic (exact) mass is 323 g/mol. The summed E-state index contributed by atoms with van der Waals surface area (Å²) < 4.78 is 0.